The van der Waals surface area contributed by atoms with Crippen molar-refractivity contribution in [2.75, 3.05) is 0 Å². The lowest BCUT2D eigenvalue weighted by molar-refractivity contribution is 0.557. The van der Waals surface area contributed by atoms with E-state index in [1.54, 1.807) is 0 Å². The van der Waals surface area contributed by atoms with Crippen LogP contribution in [0.3, 0.4) is 0 Å². The van der Waals surface area contributed by atoms with Gasteiger partial charge in [-0.3, -0.25) is 0 Å². The predicted molar refractivity (Wildman–Crippen MR) is 98.8 cm³/mol. The van der Waals surface area contributed by atoms with Crippen LogP contribution in [0.1, 0.15) is 30.9 Å². The molecule has 0 atom stereocenters. The maximum Gasteiger partial charge on any atom is 0.242 e. The van der Waals surface area contributed by atoms with Crippen LogP contribution >= 0.6 is 0 Å². The van der Waals surface area contributed by atoms with Crippen molar-refractivity contribution in [3.8, 4) is 5.75 Å². The summed E-state index contributed by atoms with van der Waals surface area (Å²) in [6.07, 6.45) is 4.59. The van der Waals surface area contributed by atoms with E-state index in [1.165, 1.54) is 16.7 Å². The van der Waals surface area contributed by atoms with E-state index in [1.807, 2.05) is 0 Å². The second-order valence-corrected chi connectivity index (χ2v) is 10.9. The fraction of sp³-hybridized carbons (Fsp3) is 0.300. The van der Waals surface area contributed by atoms with Crippen LogP contribution in [0.4, 0.5) is 0 Å². The normalized spacial score (nSPS) is 12.3. The van der Waals surface area contributed by atoms with Gasteiger partial charge in [0.05, 0.1) is 0 Å². The van der Waals surface area contributed by atoms with E-state index in [-0.39, 0.29) is 0 Å². The summed E-state index contributed by atoms with van der Waals surface area (Å²) < 4.78 is 6.04. The highest BCUT2D eigenvalue weighted by Gasteiger charge is 2.16. The van der Waals surface area contributed by atoms with Crippen molar-refractivity contribution in [2.45, 2.75) is 39.4 Å². The molecule has 0 spiro atoms. The maximum atomic E-state index is 6.04. The molecule has 0 saturated carbocycles. The third-order valence-corrected chi connectivity index (χ3v) is 4.16. The van der Waals surface area contributed by atoms with Crippen molar-refractivity contribution < 1.29 is 4.43 Å². The van der Waals surface area contributed by atoms with E-state index in [0.717, 1.165) is 18.6 Å². The van der Waals surface area contributed by atoms with Crippen LogP contribution < -0.4 is 4.43 Å². The standard InChI is InChI=1S/C20H26OSi/c1-5-6-12-20(17-10-8-7-9-11-17)18-13-15-19(16-14-18)21-22(2,3)4/h7-16H,5-6H2,1-4H3. The lowest BCUT2D eigenvalue weighted by Gasteiger charge is -2.19. The maximum absolute atomic E-state index is 6.04. The van der Waals surface area contributed by atoms with Gasteiger partial charge in [-0.05, 0) is 54.9 Å². The molecule has 2 rings (SSSR count). The zero-order chi connectivity index (χ0) is 16.0. The number of hydrogen-bond donors (Lipinski definition) is 0. The Hall–Kier alpha value is -1.80. The minimum Gasteiger partial charge on any atom is -0.544 e. The van der Waals surface area contributed by atoms with Gasteiger partial charge in [-0.2, -0.15) is 0 Å². The third kappa shape index (κ3) is 4.88. The van der Waals surface area contributed by atoms with Crippen molar-refractivity contribution in [3.63, 3.8) is 0 Å². The van der Waals surface area contributed by atoms with Crippen LogP contribution in [0.25, 0.3) is 5.57 Å². The molecule has 2 aromatic carbocycles. The summed E-state index contributed by atoms with van der Waals surface area (Å²) in [5, 5.41) is 0. The van der Waals surface area contributed by atoms with Gasteiger partial charge >= 0.3 is 0 Å². The quantitative estimate of drug-likeness (QED) is 0.583. The minimum absolute atomic E-state index is 0.978. The Bertz CT molecular complexity index is 606. The summed E-state index contributed by atoms with van der Waals surface area (Å²) >= 11 is 0. The Kier molecular flexibility index (Phi) is 5.61. The molecule has 2 heteroatoms. The van der Waals surface area contributed by atoms with Crippen molar-refractivity contribution in [1.82, 2.24) is 0 Å². The summed E-state index contributed by atoms with van der Waals surface area (Å²) in [7, 11) is -1.54. The Labute approximate surface area is 135 Å². The molecule has 0 aromatic heterocycles. The fourth-order valence-corrected chi connectivity index (χ4v) is 3.21. The molecule has 0 saturated heterocycles. The van der Waals surface area contributed by atoms with Crippen molar-refractivity contribution in [2.24, 2.45) is 0 Å². The summed E-state index contributed by atoms with van der Waals surface area (Å²) in [5.74, 6) is 0.978. The molecular weight excluding hydrogens is 284 g/mol. The molecule has 1 nitrogen and oxygen atoms in total. The molecule has 0 radical (unpaired) electrons. The third-order valence-electron chi connectivity index (χ3n) is 3.31. The highest BCUT2D eigenvalue weighted by molar-refractivity contribution is 6.70. The van der Waals surface area contributed by atoms with E-state index in [9.17, 15) is 0 Å². The topological polar surface area (TPSA) is 9.23 Å². The summed E-state index contributed by atoms with van der Waals surface area (Å²) in [6.45, 7) is 8.83. The molecule has 0 heterocycles. The van der Waals surface area contributed by atoms with E-state index < -0.39 is 8.32 Å². The van der Waals surface area contributed by atoms with Crippen molar-refractivity contribution >= 4 is 13.9 Å². The van der Waals surface area contributed by atoms with Crippen molar-refractivity contribution in [1.29, 1.82) is 0 Å². The van der Waals surface area contributed by atoms with E-state index in [4.69, 9.17) is 4.43 Å². The molecule has 0 N–H and O–H groups in total. The van der Waals surface area contributed by atoms with Gasteiger partial charge in [0.15, 0.2) is 0 Å². The predicted octanol–water partition coefficient (Wildman–Crippen LogP) is 6.13. The van der Waals surface area contributed by atoms with Crippen LogP contribution in [0.5, 0.6) is 5.75 Å². The van der Waals surface area contributed by atoms with Gasteiger partial charge in [-0.25, -0.2) is 0 Å². The van der Waals surface area contributed by atoms with Gasteiger partial charge in [-0.1, -0.05) is 61.9 Å². The average molecular weight is 311 g/mol. The molecule has 116 valence electrons. The number of unbranched alkanes of at least 4 members (excludes halogenated alkanes) is 1. The highest BCUT2D eigenvalue weighted by atomic mass is 28.4. The monoisotopic (exact) mass is 310 g/mol. The molecule has 0 amide bonds. The summed E-state index contributed by atoms with van der Waals surface area (Å²) in [5.41, 5.74) is 3.83. The zero-order valence-electron chi connectivity index (χ0n) is 14.1. The van der Waals surface area contributed by atoms with Gasteiger partial charge in [0, 0.05) is 0 Å². The van der Waals surface area contributed by atoms with Crippen LogP contribution in [0.2, 0.25) is 19.6 Å². The van der Waals surface area contributed by atoms with Gasteiger partial charge in [0.25, 0.3) is 0 Å². The molecular formula is C20H26OSi. The first kappa shape index (κ1) is 16.6. The first-order chi connectivity index (χ1) is 10.5. The SMILES string of the molecule is CCCC=C(c1ccccc1)c1ccc(O[Si](C)(C)C)cc1. The Morgan fingerprint density at radius 1 is 0.909 bits per heavy atom. The Morgan fingerprint density at radius 3 is 2.05 bits per heavy atom. The van der Waals surface area contributed by atoms with E-state index in [0.29, 0.717) is 0 Å². The van der Waals surface area contributed by atoms with E-state index in [2.05, 4.69) is 87.2 Å². The first-order valence-corrected chi connectivity index (χ1v) is 11.5. The Balaban J connectivity index is 2.29. The second-order valence-electron chi connectivity index (χ2n) is 6.51. The summed E-state index contributed by atoms with van der Waals surface area (Å²) in [6, 6.07) is 19.1. The molecule has 0 aliphatic carbocycles. The molecule has 0 aliphatic heterocycles. The number of benzene rings is 2. The minimum atomic E-state index is -1.54. The largest absolute Gasteiger partial charge is 0.544 e. The van der Waals surface area contributed by atoms with Gasteiger partial charge in [-0.15, -0.1) is 0 Å². The molecule has 22 heavy (non-hydrogen) atoms. The van der Waals surface area contributed by atoms with Crippen LogP contribution in [0.15, 0.2) is 60.7 Å². The zero-order valence-corrected chi connectivity index (χ0v) is 15.1. The van der Waals surface area contributed by atoms with Gasteiger partial charge in [0.1, 0.15) is 5.75 Å². The molecule has 2 aromatic rings. The first-order valence-electron chi connectivity index (χ1n) is 8.04. The summed E-state index contributed by atoms with van der Waals surface area (Å²) in [4.78, 5) is 0. The molecule has 0 unspecified atom stereocenters. The second kappa shape index (κ2) is 7.46. The lowest BCUT2D eigenvalue weighted by atomic mass is 9.96. The van der Waals surface area contributed by atoms with E-state index >= 15 is 0 Å². The highest BCUT2D eigenvalue weighted by Crippen LogP contribution is 2.26. The molecule has 0 bridgehead atoms. The van der Waals surface area contributed by atoms with Crippen molar-refractivity contribution in [3.05, 3.63) is 71.8 Å². The number of allylic oxidation sites excluding steroid dienone is 1. The molecule has 0 aliphatic rings. The lowest BCUT2D eigenvalue weighted by Crippen LogP contribution is -2.29. The Morgan fingerprint density at radius 2 is 1.50 bits per heavy atom. The van der Waals surface area contributed by atoms with Crippen LogP contribution in [-0.4, -0.2) is 8.32 Å². The smallest absolute Gasteiger partial charge is 0.242 e. The van der Waals surface area contributed by atoms with Crippen LogP contribution in [0, 0.1) is 0 Å². The fourth-order valence-electron chi connectivity index (χ4n) is 2.36. The average Bonchev–Trinajstić information content (AvgIpc) is 2.49. The molecule has 0 fully saturated rings. The van der Waals surface area contributed by atoms with Gasteiger partial charge < -0.3 is 4.43 Å². The van der Waals surface area contributed by atoms with Gasteiger partial charge in [0.2, 0.25) is 8.32 Å². The number of hydrogen-bond acceptors (Lipinski definition) is 1. The number of rotatable bonds is 6. The van der Waals surface area contributed by atoms with Crippen LogP contribution in [-0.2, 0) is 0 Å².